The lowest BCUT2D eigenvalue weighted by Crippen LogP contribution is -2.37. The lowest BCUT2D eigenvalue weighted by Gasteiger charge is -2.36. The van der Waals surface area contributed by atoms with Gasteiger partial charge in [0.2, 0.25) is 11.8 Å². The molecule has 4 nitrogen and oxygen atoms in total. The maximum atomic E-state index is 12.8. The van der Waals surface area contributed by atoms with Gasteiger partial charge < -0.3 is 4.74 Å². The van der Waals surface area contributed by atoms with Crippen LogP contribution in [0.3, 0.4) is 0 Å². The van der Waals surface area contributed by atoms with Crippen molar-refractivity contribution in [3.05, 3.63) is 65.7 Å². The fraction of sp³-hybridized carbons (Fsp3) is 0.300. The zero-order chi connectivity index (χ0) is 16.7. The summed E-state index contributed by atoms with van der Waals surface area (Å²) in [6, 6.07) is 17.5. The molecule has 2 aromatic rings. The summed E-state index contributed by atoms with van der Waals surface area (Å²) in [5.74, 6) is 0.475. The average molecular weight is 321 g/mol. The van der Waals surface area contributed by atoms with Crippen molar-refractivity contribution in [3.63, 3.8) is 0 Å². The third-order valence-electron chi connectivity index (χ3n) is 5.21. The highest BCUT2D eigenvalue weighted by molar-refractivity contribution is 6.07. The van der Waals surface area contributed by atoms with Crippen molar-refractivity contribution in [3.8, 4) is 5.75 Å². The Labute approximate surface area is 141 Å². The van der Waals surface area contributed by atoms with Gasteiger partial charge in [-0.2, -0.15) is 0 Å². The number of nitrogens with zero attached hydrogens (tertiary/aromatic N) is 1. The Hall–Kier alpha value is -2.62. The first-order valence-corrected chi connectivity index (χ1v) is 8.22. The highest BCUT2D eigenvalue weighted by Gasteiger charge is 2.58. The molecule has 1 aliphatic heterocycles. The molecule has 0 N–H and O–H groups in total. The lowest BCUT2D eigenvalue weighted by atomic mass is 9.63. The van der Waals surface area contributed by atoms with Gasteiger partial charge >= 0.3 is 0 Å². The zero-order valence-corrected chi connectivity index (χ0v) is 13.5. The zero-order valence-electron chi connectivity index (χ0n) is 13.5. The molecule has 0 spiro atoms. The Balaban J connectivity index is 1.55. The predicted molar refractivity (Wildman–Crippen MR) is 89.3 cm³/mol. The first-order valence-electron chi connectivity index (χ1n) is 8.22. The van der Waals surface area contributed by atoms with Gasteiger partial charge in [-0.15, -0.1) is 0 Å². The Morgan fingerprint density at radius 3 is 2.54 bits per heavy atom. The fourth-order valence-corrected chi connectivity index (χ4v) is 3.88. The number of hydrogen-bond acceptors (Lipinski definition) is 3. The van der Waals surface area contributed by atoms with Crippen molar-refractivity contribution < 1.29 is 14.3 Å². The summed E-state index contributed by atoms with van der Waals surface area (Å²) in [4.78, 5) is 26.8. The van der Waals surface area contributed by atoms with E-state index in [1.165, 1.54) is 4.90 Å². The number of carbonyl (C=O) groups is 2. The number of rotatable bonds is 4. The number of likely N-dealkylation sites (tertiary alicyclic amines) is 1. The number of carbonyl (C=O) groups excluding carboxylic acids is 2. The van der Waals surface area contributed by atoms with Gasteiger partial charge in [-0.05, 0) is 35.6 Å². The Kier molecular flexibility index (Phi) is 3.60. The molecule has 24 heavy (non-hydrogen) atoms. The largest absolute Gasteiger partial charge is 0.497 e. The van der Waals surface area contributed by atoms with Gasteiger partial charge in [0.1, 0.15) is 5.75 Å². The van der Waals surface area contributed by atoms with Gasteiger partial charge in [0.05, 0.1) is 25.5 Å². The van der Waals surface area contributed by atoms with Crippen molar-refractivity contribution in [1.82, 2.24) is 4.90 Å². The molecule has 1 saturated heterocycles. The number of fused-ring (bicyclic) bond motifs is 1. The Bertz CT molecular complexity index is 786. The van der Waals surface area contributed by atoms with Crippen LogP contribution in [0.4, 0.5) is 0 Å². The summed E-state index contributed by atoms with van der Waals surface area (Å²) >= 11 is 0. The van der Waals surface area contributed by atoms with E-state index in [1.54, 1.807) is 7.11 Å². The molecule has 2 amide bonds. The first kappa shape index (κ1) is 14.9. The van der Waals surface area contributed by atoms with E-state index in [4.69, 9.17) is 4.74 Å². The number of amides is 2. The molecule has 0 radical (unpaired) electrons. The highest BCUT2D eigenvalue weighted by Crippen LogP contribution is 2.53. The average Bonchev–Trinajstić information content (AvgIpc) is 2.76. The monoisotopic (exact) mass is 321 g/mol. The standard InChI is InChI=1S/C20H19NO3/c1-24-15-9-5-8-14(10-15)16-11-17-18(16)20(23)21(19(17)22)12-13-6-3-2-4-7-13/h2-10,16-18H,11-12H2,1H3/t16-,17+,18-/m1/s1. The van der Waals surface area contributed by atoms with Crippen LogP contribution < -0.4 is 4.74 Å². The van der Waals surface area contributed by atoms with Crippen molar-refractivity contribution >= 4 is 11.8 Å². The number of ether oxygens (including phenoxy) is 1. The van der Waals surface area contributed by atoms with Crippen LogP contribution in [0.15, 0.2) is 54.6 Å². The molecule has 3 atom stereocenters. The van der Waals surface area contributed by atoms with E-state index >= 15 is 0 Å². The number of hydrogen-bond donors (Lipinski definition) is 0. The van der Waals surface area contributed by atoms with Crippen LogP contribution >= 0.6 is 0 Å². The van der Waals surface area contributed by atoms with Crippen LogP contribution in [-0.4, -0.2) is 23.8 Å². The molecule has 1 heterocycles. The van der Waals surface area contributed by atoms with Crippen LogP contribution in [-0.2, 0) is 16.1 Å². The molecule has 0 bridgehead atoms. The van der Waals surface area contributed by atoms with E-state index in [2.05, 4.69) is 0 Å². The van der Waals surface area contributed by atoms with E-state index in [9.17, 15) is 9.59 Å². The molecule has 4 rings (SSSR count). The molecule has 2 aromatic carbocycles. The summed E-state index contributed by atoms with van der Waals surface area (Å²) in [6.07, 6.45) is 0.744. The van der Waals surface area contributed by atoms with Crippen molar-refractivity contribution in [2.75, 3.05) is 7.11 Å². The van der Waals surface area contributed by atoms with E-state index in [0.717, 1.165) is 23.3 Å². The minimum atomic E-state index is -0.215. The summed E-state index contributed by atoms with van der Waals surface area (Å²) < 4.78 is 5.27. The molecular formula is C20H19NO3. The maximum absolute atomic E-state index is 12.8. The van der Waals surface area contributed by atoms with Crippen LogP contribution in [0, 0.1) is 11.8 Å². The molecular weight excluding hydrogens is 302 g/mol. The second kappa shape index (κ2) is 5.78. The van der Waals surface area contributed by atoms with Crippen LogP contribution in [0.1, 0.15) is 23.5 Å². The maximum Gasteiger partial charge on any atom is 0.234 e. The smallest absolute Gasteiger partial charge is 0.234 e. The van der Waals surface area contributed by atoms with Gasteiger partial charge in [0.25, 0.3) is 0 Å². The second-order valence-corrected chi connectivity index (χ2v) is 6.50. The third kappa shape index (κ3) is 2.30. The predicted octanol–water partition coefficient (Wildman–Crippen LogP) is 2.98. The van der Waals surface area contributed by atoms with E-state index in [-0.39, 0.29) is 29.6 Å². The number of imide groups is 1. The summed E-state index contributed by atoms with van der Waals surface area (Å²) in [5.41, 5.74) is 2.07. The molecule has 2 aliphatic rings. The Morgan fingerprint density at radius 2 is 1.79 bits per heavy atom. The fourth-order valence-electron chi connectivity index (χ4n) is 3.88. The van der Waals surface area contributed by atoms with E-state index in [1.807, 2.05) is 54.6 Å². The molecule has 1 saturated carbocycles. The topological polar surface area (TPSA) is 46.6 Å². The summed E-state index contributed by atoms with van der Waals surface area (Å²) in [7, 11) is 1.63. The summed E-state index contributed by atoms with van der Waals surface area (Å²) in [5, 5.41) is 0. The molecule has 2 fully saturated rings. The molecule has 1 aliphatic carbocycles. The van der Waals surface area contributed by atoms with Gasteiger partial charge in [-0.1, -0.05) is 42.5 Å². The number of methoxy groups -OCH3 is 1. The van der Waals surface area contributed by atoms with Crippen LogP contribution in [0.2, 0.25) is 0 Å². The minimum absolute atomic E-state index is 0.0204. The Morgan fingerprint density at radius 1 is 1.00 bits per heavy atom. The van der Waals surface area contributed by atoms with Crippen molar-refractivity contribution in [2.24, 2.45) is 11.8 Å². The van der Waals surface area contributed by atoms with Crippen molar-refractivity contribution in [1.29, 1.82) is 0 Å². The molecule has 122 valence electrons. The first-order chi connectivity index (χ1) is 11.7. The van der Waals surface area contributed by atoms with Gasteiger partial charge in [-0.25, -0.2) is 0 Å². The minimum Gasteiger partial charge on any atom is -0.497 e. The van der Waals surface area contributed by atoms with Crippen LogP contribution in [0.25, 0.3) is 0 Å². The summed E-state index contributed by atoms with van der Waals surface area (Å²) in [6.45, 7) is 0.371. The normalized spacial score (nSPS) is 25.4. The lowest BCUT2D eigenvalue weighted by molar-refractivity contribution is -0.140. The van der Waals surface area contributed by atoms with E-state index in [0.29, 0.717) is 6.54 Å². The van der Waals surface area contributed by atoms with Crippen LogP contribution in [0.5, 0.6) is 5.75 Å². The quantitative estimate of drug-likeness (QED) is 0.813. The van der Waals surface area contributed by atoms with Gasteiger partial charge in [-0.3, -0.25) is 14.5 Å². The van der Waals surface area contributed by atoms with Gasteiger partial charge in [0, 0.05) is 0 Å². The molecule has 4 heteroatoms. The molecule has 0 aromatic heterocycles. The highest BCUT2D eigenvalue weighted by atomic mass is 16.5. The van der Waals surface area contributed by atoms with E-state index < -0.39 is 0 Å². The number of benzene rings is 2. The second-order valence-electron chi connectivity index (χ2n) is 6.50. The molecule has 0 unspecified atom stereocenters. The SMILES string of the molecule is COc1cccc([C@H]2C[C@@H]3C(=O)N(Cc4ccccc4)C(=O)[C@@H]32)c1. The van der Waals surface area contributed by atoms with Crippen molar-refractivity contribution in [2.45, 2.75) is 18.9 Å². The third-order valence-corrected chi connectivity index (χ3v) is 5.21. The van der Waals surface area contributed by atoms with Gasteiger partial charge in [0.15, 0.2) is 0 Å².